The molecule has 20 heavy (non-hydrogen) atoms. The first-order chi connectivity index (χ1) is 9.56. The summed E-state index contributed by atoms with van der Waals surface area (Å²) >= 11 is 0. The van der Waals surface area contributed by atoms with Gasteiger partial charge in [-0.25, -0.2) is 0 Å². The minimum absolute atomic E-state index is 0.0697. The average molecular weight is 276 g/mol. The van der Waals surface area contributed by atoms with Crippen molar-refractivity contribution >= 4 is 11.6 Å². The number of anilines is 1. The van der Waals surface area contributed by atoms with Crippen molar-refractivity contribution < 1.29 is 9.90 Å². The number of nitrogens with zero attached hydrogens (tertiary/aromatic N) is 2. The number of hydrogen-bond acceptors (Lipinski definition) is 3. The van der Waals surface area contributed by atoms with Crippen LogP contribution in [-0.2, 0) is 11.2 Å². The fourth-order valence-electron chi connectivity index (χ4n) is 2.77. The highest BCUT2D eigenvalue weighted by Gasteiger charge is 2.32. The van der Waals surface area contributed by atoms with Crippen LogP contribution >= 0.6 is 0 Å². The van der Waals surface area contributed by atoms with Gasteiger partial charge in [0, 0.05) is 18.3 Å². The van der Waals surface area contributed by atoms with Crippen LogP contribution in [0.1, 0.15) is 25.8 Å². The van der Waals surface area contributed by atoms with Gasteiger partial charge >= 0.3 is 0 Å². The van der Waals surface area contributed by atoms with Gasteiger partial charge in [-0.1, -0.05) is 18.2 Å². The van der Waals surface area contributed by atoms with Crippen molar-refractivity contribution in [2.45, 2.75) is 38.8 Å². The minimum atomic E-state index is -0.226. The SMILES string of the molecule is CC(C(=O)N1c2ccccc2CCC1C)N(C)CCO. The number of aliphatic hydroxyl groups excluding tert-OH is 1. The zero-order valence-corrected chi connectivity index (χ0v) is 12.5. The Morgan fingerprint density at radius 2 is 2.20 bits per heavy atom. The molecule has 1 N–H and O–H groups in total. The van der Waals surface area contributed by atoms with Crippen molar-refractivity contribution in [2.24, 2.45) is 0 Å². The molecule has 2 atom stereocenters. The Morgan fingerprint density at radius 1 is 1.50 bits per heavy atom. The summed E-state index contributed by atoms with van der Waals surface area (Å²) in [7, 11) is 1.87. The van der Waals surface area contributed by atoms with Crippen LogP contribution in [-0.4, -0.2) is 48.2 Å². The van der Waals surface area contributed by atoms with E-state index < -0.39 is 0 Å². The summed E-state index contributed by atoms with van der Waals surface area (Å²) in [6.45, 7) is 4.59. The molecule has 2 rings (SSSR count). The predicted molar refractivity (Wildman–Crippen MR) is 80.9 cm³/mol. The second-order valence-electron chi connectivity index (χ2n) is 5.60. The molecule has 1 aliphatic rings. The normalized spacial score (nSPS) is 19.9. The summed E-state index contributed by atoms with van der Waals surface area (Å²) in [4.78, 5) is 16.6. The first-order valence-corrected chi connectivity index (χ1v) is 7.28. The van der Waals surface area contributed by atoms with Gasteiger partial charge in [-0.05, 0) is 45.4 Å². The van der Waals surface area contributed by atoms with Gasteiger partial charge in [0.25, 0.3) is 0 Å². The Balaban J connectivity index is 2.25. The van der Waals surface area contributed by atoms with Crippen LogP contribution in [0.5, 0.6) is 0 Å². The lowest BCUT2D eigenvalue weighted by atomic mass is 9.96. The number of carbonyl (C=O) groups excluding carboxylic acids is 1. The maximum atomic E-state index is 12.8. The summed E-state index contributed by atoms with van der Waals surface area (Å²) in [5.74, 6) is 0.112. The third-order valence-corrected chi connectivity index (χ3v) is 4.23. The lowest BCUT2D eigenvalue weighted by Gasteiger charge is -2.38. The molecule has 0 spiro atoms. The van der Waals surface area contributed by atoms with Crippen molar-refractivity contribution in [2.75, 3.05) is 25.1 Å². The van der Waals surface area contributed by atoms with E-state index in [2.05, 4.69) is 13.0 Å². The van der Waals surface area contributed by atoms with E-state index in [1.54, 1.807) is 0 Å². The molecule has 0 aromatic heterocycles. The van der Waals surface area contributed by atoms with E-state index in [4.69, 9.17) is 5.11 Å². The molecule has 4 heteroatoms. The molecule has 0 radical (unpaired) electrons. The van der Waals surface area contributed by atoms with Gasteiger partial charge in [0.1, 0.15) is 0 Å². The predicted octanol–water partition coefficient (Wildman–Crippen LogP) is 1.67. The van der Waals surface area contributed by atoms with Crippen molar-refractivity contribution in [1.29, 1.82) is 0 Å². The smallest absolute Gasteiger partial charge is 0.244 e. The standard InChI is InChI=1S/C16H24N2O2/c1-12-8-9-14-6-4-5-7-15(14)18(12)16(20)13(2)17(3)10-11-19/h4-7,12-13,19H,8-11H2,1-3H3. The number of amides is 1. The summed E-state index contributed by atoms with van der Waals surface area (Å²) in [6, 6.07) is 8.14. The molecule has 1 aliphatic heterocycles. The van der Waals surface area contributed by atoms with Crippen LogP contribution in [0.2, 0.25) is 0 Å². The van der Waals surface area contributed by atoms with E-state index in [0.717, 1.165) is 18.5 Å². The van der Waals surface area contributed by atoms with Crippen LogP contribution in [0.4, 0.5) is 5.69 Å². The molecule has 0 bridgehead atoms. The van der Waals surface area contributed by atoms with Gasteiger partial charge in [-0.3, -0.25) is 9.69 Å². The van der Waals surface area contributed by atoms with Gasteiger partial charge in [0.05, 0.1) is 12.6 Å². The monoisotopic (exact) mass is 276 g/mol. The maximum Gasteiger partial charge on any atom is 0.244 e. The maximum absolute atomic E-state index is 12.8. The van der Waals surface area contributed by atoms with Crippen molar-refractivity contribution in [3.8, 4) is 0 Å². The highest BCUT2D eigenvalue weighted by molar-refractivity contribution is 5.98. The zero-order valence-electron chi connectivity index (χ0n) is 12.5. The number of aliphatic hydroxyl groups is 1. The molecular weight excluding hydrogens is 252 g/mol. The van der Waals surface area contributed by atoms with Gasteiger partial charge in [-0.2, -0.15) is 0 Å². The fraction of sp³-hybridized carbons (Fsp3) is 0.562. The molecule has 0 saturated carbocycles. The molecule has 110 valence electrons. The van der Waals surface area contributed by atoms with E-state index in [9.17, 15) is 4.79 Å². The number of fused-ring (bicyclic) bond motifs is 1. The Labute approximate surface area is 121 Å². The van der Waals surface area contributed by atoms with E-state index in [-0.39, 0.29) is 24.6 Å². The summed E-state index contributed by atoms with van der Waals surface area (Å²) in [5, 5.41) is 9.02. The van der Waals surface area contributed by atoms with Crippen LogP contribution in [0, 0.1) is 0 Å². The number of rotatable bonds is 4. The van der Waals surface area contributed by atoms with E-state index in [0.29, 0.717) is 6.54 Å². The first-order valence-electron chi connectivity index (χ1n) is 7.28. The molecule has 4 nitrogen and oxygen atoms in total. The summed E-state index contributed by atoms with van der Waals surface area (Å²) < 4.78 is 0. The second-order valence-corrected chi connectivity index (χ2v) is 5.60. The minimum Gasteiger partial charge on any atom is -0.395 e. The fourth-order valence-corrected chi connectivity index (χ4v) is 2.77. The highest BCUT2D eigenvalue weighted by Crippen LogP contribution is 2.31. The molecule has 1 aromatic carbocycles. The first kappa shape index (κ1) is 15.0. The van der Waals surface area contributed by atoms with Crippen molar-refractivity contribution in [1.82, 2.24) is 4.90 Å². The van der Waals surface area contributed by atoms with Gasteiger partial charge in [0.15, 0.2) is 0 Å². The Morgan fingerprint density at radius 3 is 2.90 bits per heavy atom. The number of likely N-dealkylation sites (N-methyl/N-ethyl adjacent to an activating group) is 1. The molecule has 0 saturated heterocycles. The Kier molecular flexibility index (Phi) is 4.78. The summed E-state index contributed by atoms with van der Waals surface area (Å²) in [5.41, 5.74) is 2.29. The van der Waals surface area contributed by atoms with Crippen molar-refractivity contribution in [3.05, 3.63) is 29.8 Å². The Bertz CT molecular complexity index is 475. The van der Waals surface area contributed by atoms with E-state index in [1.165, 1.54) is 5.56 Å². The van der Waals surface area contributed by atoms with Gasteiger partial charge < -0.3 is 10.0 Å². The number of benzene rings is 1. The number of carbonyl (C=O) groups is 1. The molecule has 1 amide bonds. The van der Waals surface area contributed by atoms with Gasteiger partial charge in [0.2, 0.25) is 5.91 Å². The molecule has 0 fully saturated rings. The van der Waals surface area contributed by atoms with E-state index >= 15 is 0 Å². The molecule has 1 aromatic rings. The molecule has 1 heterocycles. The van der Waals surface area contributed by atoms with Crippen LogP contribution in [0.3, 0.4) is 0 Å². The van der Waals surface area contributed by atoms with E-state index in [1.807, 2.05) is 42.0 Å². The molecule has 0 aliphatic carbocycles. The van der Waals surface area contributed by atoms with Crippen LogP contribution in [0.25, 0.3) is 0 Å². The number of hydrogen-bond donors (Lipinski definition) is 1. The number of para-hydroxylation sites is 1. The summed E-state index contributed by atoms with van der Waals surface area (Å²) in [6.07, 6.45) is 2.03. The highest BCUT2D eigenvalue weighted by atomic mass is 16.3. The third-order valence-electron chi connectivity index (χ3n) is 4.23. The Hall–Kier alpha value is -1.39. The average Bonchev–Trinajstić information content (AvgIpc) is 2.46. The molecular formula is C16H24N2O2. The quantitative estimate of drug-likeness (QED) is 0.909. The zero-order chi connectivity index (χ0) is 14.7. The largest absolute Gasteiger partial charge is 0.395 e. The lowest BCUT2D eigenvalue weighted by molar-refractivity contribution is -0.123. The second kappa shape index (κ2) is 6.37. The third kappa shape index (κ3) is 2.86. The van der Waals surface area contributed by atoms with Crippen molar-refractivity contribution in [3.63, 3.8) is 0 Å². The number of aryl methyl sites for hydroxylation is 1. The van der Waals surface area contributed by atoms with Gasteiger partial charge in [-0.15, -0.1) is 0 Å². The molecule has 2 unspecified atom stereocenters. The topological polar surface area (TPSA) is 43.8 Å². The van der Waals surface area contributed by atoms with Crippen LogP contribution < -0.4 is 4.90 Å². The lowest BCUT2D eigenvalue weighted by Crippen LogP contribution is -2.51. The van der Waals surface area contributed by atoms with Crippen LogP contribution in [0.15, 0.2) is 24.3 Å².